The van der Waals surface area contributed by atoms with Crippen molar-refractivity contribution in [3.05, 3.63) is 54.0 Å². The topological polar surface area (TPSA) is 65.8 Å². The van der Waals surface area contributed by atoms with Crippen molar-refractivity contribution in [3.8, 4) is 0 Å². The van der Waals surface area contributed by atoms with E-state index >= 15 is 0 Å². The smallest absolute Gasteiger partial charge is 0.418 e. The molecule has 0 unspecified atom stereocenters. The Morgan fingerprint density at radius 3 is 2.32 bits per heavy atom. The molecule has 1 saturated heterocycles. The third kappa shape index (κ3) is 4.65. The third-order valence-electron chi connectivity index (χ3n) is 4.54. The first kappa shape index (κ1) is 19.8. The molecule has 3 rings (SSSR count). The molecule has 2 aromatic rings. The molecule has 2 heterocycles. The number of halogens is 3. The van der Waals surface area contributed by atoms with Crippen LogP contribution >= 0.6 is 0 Å². The van der Waals surface area contributed by atoms with Crippen molar-refractivity contribution in [2.24, 2.45) is 0 Å². The van der Waals surface area contributed by atoms with E-state index in [1.807, 2.05) is 0 Å². The van der Waals surface area contributed by atoms with Crippen molar-refractivity contribution in [2.75, 3.05) is 38.0 Å². The van der Waals surface area contributed by atoms with Crippen LogP contribution in [0.4, 0.5) is 18.9 Å². The van der Waals surface area contributed by atoms with Gasteiger partial charge in [0.2, 0.25) is 5.91 Å². The number of nitrogens with zero attached hydrogens (tertiary/aromatic N) is 2. The van der Waals surface area contributed by atoms with Gasteiger partial charge in [0.05, 0.1) is 11.8 Å². The maximum absolute atomic E-state index is 13.0. The van der Waals surface area contributed by atoms with Gasteiger partial charge in [0.15, 0.2) is 5.76 Å². The number of carbonyl (C=O) groups is 2. The fourth-order valence-corrected chi connectivity index (χ4v) is 3.06. The zero-order valence-electron chi connectivity index (χ0n) is 15.0. The molecular weight excluding hydrogens is 375 g/mol. The Kier molecular flexibility index (Phi) is 5.91. The Morgan fingerprint density at radius 1 is 1.00 bits per heavy atom. The second-order valence-electron chi connectivity index (χ2n) is 6.37. The van der Waals surface area contributed by atoms with E-state index in [9.17, 15) is 22.8 Å². The van der Waals surface area contributed by atoms with Crippen molar-refractivity contribution in [1.82, 2.24) is 9.80 Å². The Balaban J connectivity index is 1.46. The van der Waals surface area contributed by atoms with Crippen LogP contribution in [0.25, 0.3) is 0 Å². The lowest BCUT2D eigenvalue weighted by molar-refractivity contribution is -0.137. The van der Waals surface area contributed by atoms with Gasteiger partial charge in [-0.15, -0.1) is 0 Å². The molecule has 0 spiro atoms. The molecule has 1 fully saturated rings. The van der Waals surface area contributed by atoms with Gasteiger partial charge in [0, 0.05) is 44.8 Å². The molecular formula is C19H20F3N3O3. The monoisotopic (exact) mass is 395 g/mol. The third-order valence-corrected chi connectivity index (χ3v) is 4.54. The average Bonchev–Trinajstić information content (AvgIpc) is 3.22. The van der Waals surface area contributed by atoms with E-state index in [1.165, 1.54) is 24.5 Å². The van der Waals surface area contributed by atoms with Gasteiger partial charge >= 0.3 is 6.18 Å². The predicted molar refractivity (Wildman–Crippen MR) is 95.7 cm³/mol. The molecule has 9 heteroatoms. The summed E-state index contributed by atoms with van der Waals surface area (Å²) in [7, 11) is 0. The Hall–Kier alpha value is -2.97. The molecule has 0 saturated carbocycles. The summed E-state index contributed by atoms with van der Waals surface area (Å²) < 4.78 is 44.0. The quantitative estimate of drug-likeness (QED) is 0.845. The SMILES string of the molecule is O=C(CCNc1ccccc1C(F)(F)F)N1CCN(C(=O)c2ccco2)CC1. The molecule has 1 N–H and O–H groups in total. The first-order chi connectivity index (χ1) is 13.4. The maximum atomic E-state index is 13.0. The Morgan fingerprint density at radius 2 is 1.68 bits per heavy atom. The summed E-state index contributed by atoms with van der Waals surface area (Å²) in [5, 5.41) is 2.69. The van der Waals surface area contributed by atoms with Crippen LogP contribution in [0.1, 0.15) is 22.5 Å². The molecule has 28 heavy (non-hydrogen) atoms. The van der Waals surface area contributed by atoms with Crippen LogP contribution in [0, 0.1) is 0 Å². The van der Waals surface area contributed by atoms with Crippen LogP contribution in [-0.2, 0) is 11.0 Å². The van der Waals surface area contributed by atoms with Gasteiger partial charge in [-0.2, -0.15) is 13.2 Å². The molecule has 150 valence electrons. The largest absolute Gasteiger partial charge is 0.459 e. The van der Waals surface area contributed by atoms with Gasteiger partial charge in [0.1, 0.15) is 0 Å². The number of para-hydroxylation sites is 1. The molecule has 0 bridgehead atoms. The predicted octanol–water partition coefficient (Wildman–Crippen LogP) is 3.09. The highest BCUT2D eigenvalue weighted by molar-refractivity contribution is 5.91. The minimum absolute atomic E-state index is 0.0448. The van der Waals surface area contributed by atoms with Crippen LogP contribution in [0.3, 0.4) is 0 Å². The van der Waals surface area contributed by atoms with E-state index in [0.717, 1.165) is 6.07 Å². The molecule has 1 aliphatic rings. The number of anilines is 1. The number of furan rings is 1. The fourth-order valence-electron chi connectivity index (χ4n) is 3.06. The Labute approximate surface area is 159 Å². The maximum Gasteiger partial charge on any atom is 0.418 e. The minimum Gasteiger partial charge on any atom is -0.459 e. The second kappa shape index (κ2) is 8.37. The molecule has 0 aliphatic carbocycles. The van der Waals surface area contributed by atoms with Gasteiger partial charge < -0.3 is 19.5 Å². The molecule has 6 nitrogen and oxygen atoms in total. The van der Waals surface area contributed by atoms with Crippen molar-refractivity contribution < 1.29 is 27.2 Å². The van der Waals surface area contributed by atoms with Crippen LogP contribution in [0.15, 0.2) is 47.1 Å². The van der Waals surface area contributed by atoms with E-state index in [-0.39, 0.29) is 36.2 Å². The minimum atomic E-state index is -4.45. The highest BCUT2D eigenvalue weighted by atomic mass is 19.4. The average molecular weight is 395 g/mol. The number of hydrogen-bond acceptors (Lipinski definition) is 4. The summed E-state index contributed by atoms with van der Waals surface area (Å²) in [6, 6.07) is 8.39. The summed E-state index contributed by atoms with van der Waals surface area (Å²) in [5.41, 5.74) is -0.802. The molecule has 1 aliphatic heterocycles. The zero-order valence-corrected chi connectivity index (χ0v) is 15.0. The summed E-state index contributed by atoms with van der Waals surface area (Å²) in [6.45, 7) is 1.62. The van der Waals surface area contributed by atoms with Gasteiger partial charge in [-0.25, -0.2) is 0 Å². The highest BCUT2D eigenvalue weighted by Crippen LogP contribution is 2.34. The van der Waals surface area contributed by atoms with E-state index in [2.05, 4.69) is 5.32 Å². The van der Waals surface area contributed by atoms with Gasteiger partial charge in [-0.3, -0.25) is 9.59 Å². The molecule has 1 aromatic carbocycles. The number of alkyl halides is 3. The van der Waals surface area contributed by atoms with Gasteiger partial charge in [-0.1, -0.05) is 12.1 Å². The number of rotatable bonds is 5. The number of carbonyl (C=O) groups excluding carboxylic acids is 2. The number of nitrogens with one attached hydrogen (secondary N) is 1. The van der Waals surface area contributed by atoms with Gasteiger partial charge in [0.25, 0.3) is 5.91 Å². The number of benzene rings is 1. The normalized spacial score (nSPS) is 14.8. The van der Waals surface area contributed by atoms with Crippen molar-refractivity contribution in [1.29, 1.82) is 0 Å². The van der Waals surface area contributed by atoms with Crippen LogP contribution in [0.2, 0.25) is 0 Å². The summed E-state index contributed by atoms with van der Waals surface area (Å²) in [6.07, 6.45) is -2.96. The van der Waals surface area contributed by atoms with Crippen LogP contribution in [-0.4, -0.2) is 54.3 Å². The second-order valence-corrected chi connectivity index (χ2v) is 6.37. The fraction of sp³-hybridized carbons (Fsp3) is 0.368. The van der Waals surface area contributed by atoms with Crippen LogP contribution in [0.5, 0.6) is 0 Å². The number of piperazine rings is 1. The van der Waals surface area contributed by atoms with Crippen molar-refractivity contribution >= 4 is 17.5 Å². The first-order valence-electron chi connectivity index (χ1n) is 8.87. The lowest BCUT2D eigenvalue weighted by Gasteiger charge is -2.34. The highest BCUT2D eigenvalue weighted by Gasteiger charge is 2.33. The van der Waals surface area contributed by atoms with E-state index in [0.29, 0.717) is 26.2 Å². The first-order valence-corrected chi connectivity index (χ1v) is 8.87. The molecule has 0 atom stereocenters. The zero-order chi connectivity index (χ0) is 20.1. The Bertz CT molecular complexity index is 813. The van der Waals surface area contributed by atoms with Crippen molar-refractivity contribution in [2.45, 2.75) is 12.6 Å². The lowest BCUT2D eigenvalue weighted by Crippen LogP contribution is -2.50. The van der Waals surface area contributed by atoms with Gasteiger partial charge in [-0.05, 0) is 24.3 Å². The molecule has 2 amide bonds. The molecule has 0 radical (unpaired) electrons. The standard InChI is InChI=1S/C19H20F3N3O3/c20-19(21,22)14-4-1-2-5-15(14)23-8-7-17(26)24-9-11-25(12-10-24)18(27)16-6-3-13-28-16/h1-6,13,23H,7-12H2. The van der Waals surface area contributed by atoms with E-state index in [4.69, 9.17) is 4.42 Å². The summed E-state index contributed by atoms with van der Waals surface area (Å²) in [5.74, 6) is -0.128. The summed E-state index contributed by atoms with van der Waals surface area (Å²) >= 11 is 0. The number of hydrogen-bond donors (Lipinski definition) is 1. The number of amides is 2. The van der Waals surface area contributed by atoms with Crippen LogP contribution < -0.4 is 5.32 Å². The lowest BCUT2D eigenvalue weighted by atomic mass is 10.1. The van der Waals surface area contributed by atoms with E-state index < -0.39 is 11.7 Å². The van der Waals surface area contributed by atoms with E-state index in [1.54, 1.807) is 21.9 Å². The molecule has 1 aromatic heterocycles. The summed E-state index contributed by atoms with van der Waals surface area (Å²) in [4.78, 5) is 27.7. The van der Waals surface area contributed by atoms with Crippen molar-refractivity contribution in [3.63, 3.8) is 0 Å².